The lowest BCUT2D eigenvalue weighted by Gasteiger charge is -2.10. The standard InChI is InChI=1S/C23H24O7/c1-13(2)29-21(24)12-28-17-8-14(3)22-19(11-17)30-20(23(22)25)10-15-9-16(26-4)6-7-18(15)27-5/h6-11,13H,12H2,1-5H3/b20-10-. The molecule has 0 radical (unpaired) electrons. The van der Waals surface area contributed by atoms with E-state index in [1.54, 1.807) is 71.4 Å². The molecule has 0 saturated carbocycles. The van der Waals surface area contributed by atoms with Crippen LogP contribution in [0.1, 0.15) is 35.3 Å². The van der Waals surface area contributed by atoms with Crippen molar-refractivity contribution in [2.24, 2.45) is 0 Å². The lowest BCUT2D eigenvalue weighted by atomic mass is 10.0. The van der Waals surface area contributed by atoms with Gasteiger partial charge in [-0.1, -0.05) is 0 Å². The summed E-state index contributed by atoms with van der Waals surface area (Å²) in [6.07, 6.45) is 1.40. The number of hydrogen-bond acceptors (Lipinski definition) is 7. The van der Waals surface area contributed by atoms with E-state index in [9.17, 15) is 9.59 Å². The van der Waals surface area contributed by atoms with E-state index in [1.807, 2.05) is 0 Å². The number of carbonyl (C=O) groups excluding carboxylic acids is 2. The minimum absolute atomic E-state index is 0.163. The zero-order valence-electron chi connectivity index (χ0n) is 17.6. The van der Waals surface area contributed by atoms with Gasteiger partial charge in [-0.2, -0.15) is 0 Å². The number of allylic oxidation sites excluding steroid dienone is 1. The first kappa shape index (κ1) is 21.2. The molecule has 1 heterocycles. The van der Waals surface area contributed by atoms with Crippen LogP contribution in [0.5, 0.6) is 23.0 Å². The van der Waals surface area contributed by atoms with Crippen LogP contribution >= 0.6 is 0 Å². The number of hydrogen-bond donors (Lipinski definition) is 0. The molecule has 0 aliphatic carbocycles. The van der Waals surface area contributed by atoms with E-state index in [1.165, 1.54) is 0 Å². The molecule has 0 fully saturated rings. The third-order valence-corrected chi connectivity index (χ3v) is 4.39. The van der Waals surface area contributed by atoms with Crippen LogP contribution in [-0.2, 0) is 9.53 Å². The molecule has 1 aliphatic heterocycles. The number of benzene rings is 2. The predicted molar refractivity (Wildman–Crippen MR) is 110 cm³/mol. The fraction of sp³-hybridized carbons (Fsp3) is 0.304. The van der Waals surface area contributed by atoms with Gasteiger partial charge in [0.25, 0.3) is 0 Å². The molecule has 3 rings (SSSR count). The molecule has 1 aliphatic rings. The number of methoxy groups -OCH3 is 2. The van der Waals surface area contributed by atoms with E-state index in [0.29, 0.717) is 39.7 Å². The molecule has 0 amide bonds. The Labute approximate surface area is 175 Å². The SMILES string of the molecule is COc1ccc(OC)c(/C=C2\Oc3cc(OCC(=O)OC(C)C)cc(C)c3C2=O)c1. The summed E-state index contributed by atoms with van der Waals surface area (Å²) in [5, 5.41) is 0. The Bertz CT molecular complexity index is 1000. The van der Waals surface area contributed by atoms with Crippen LogP contribution in [0.15, 0.2) is 36.1 Å². The van der Waals surface area contributed by atoms with Gasteiger partial charge in [-0.25, -0.2) is 4.79 Å². The van der Waals surface area contributed by atoms with Gasteiger partial charge in [0.1, 0.15) is 23.0 Å². The summed E-state index contributed by atoms with van der Waals surface area (Å²) in [5.41, 5.74) is 1.80. The second-order valence-corrected chi connectivity index (χ2v) is 6.99. The number of esters is 1. The monoisotopic (exact) mass is 412 g/mol. The lowest BCUT2D eigenvalue weighted by Crippen LogP contribution is -2.18. The second kappa shape index (κ2) is 8.90. The van der Waals surface area contributed by atoms with E-state index in [4.69, 9.17) is 23.7 Å². The normalized spacial score (nSPS) is 13.8. The number of carbonyl (C=O) groups is 2. The summed E-state index contributed by atoms with van der Waals surface area (Å²) in [6, 6.07) is 8.56. The molecule has 0 spiro atoms. The molecule has 0 saturated heterocycles. The highest BCUT2D eigenvalue weighted by molar-refractivity contribution is 6.15. The summed E-state index contributed by atoms with van der Waals surface area (Å²) in [6.45, 7) is 5.09. The summed E-state index contributed by atoms with van der Waals surface area (Å²) in [5.74, 6) is 1.46. The van der Waals surface area contributed by atoms with Crippen LogP contribution in [0.2, 0.25) is 0 Å². The highest BCUT2D eigenvalue weighted by Gasteiger charge is 2.30. The van der Waals surface area contributed by atoms with E-state index in [0.717, 1.165) is 0 Å². The Morgan fingerprint density at radius 1 is 1.10 bits per heavy atom. The zero-order valence-corrected chi connectivity index (χ0v) is 17.6. The average Bonchev–Trinajstić information content (AvgIpc) is 3.01. The second-order valence-electron chi connectivity index (χ2n) is 6.99. The van der Waals surface area contributed by atoms with Crippen molar-refractivity contribution in [2.45, 2.75) is 26.9 Å². The van der Waals surface area contributed by atoms with Crippen molar-refractivity contribution in [3.8, 4) is 23.0 Å². The third kappa shape index (κ3) is 4.56. The first-order chi connectivity index (χ1) is 14.3. The smallest absolute Gasteiger partial charge is 0.344 e. The van der Waals surface area contributed by atoms with Gasteiger partial charge >= 0.3 is 5.97 Å². The Morgan fingerprint density at radius 2 is 1.87 bits per heavy atom. The number of Topliss-reactive ketones (excluding diaryl/α,β-unsaturated/α-hetero) is 1. The van der Waals surface area contributed by atoms with Gasteiger partial charge in [0, 0.05) is 11.6 Å². The molecule has 2 aromatic rings. The van der Waals surface area contributed by atoms with Crippen molar-refractivity contribution in [3.05, 3.63) is 52.8 Å². The van der Waals surface area contributed by atoms with Gasteiger partial charge in [0.05, 0.1) is 25.9 Å². The molecule has 0 N–H and O–H groups in total. The minimum Gasteiger partial charge on any atom is -0.497 e. The Morgan fingerprint density at radius 3 is 2.53 bits per heavy atom. The van der Waals surface area contributed by atoms with E-state index < -0.39 is 5.97 Å². The van der Waals surface area contributed by atoms with Crippen LogP contribution in [0.3, 0.4) is 0 Å². The van der Waals surface area contributed by atoms with Crippen molar-refractivity contribution in [3.63, 3.8) is 0 Å². The van der Waals surface area contributed by atoms with Crippen LogP contribution in [0.4, 0.5) is 0 Å². The molecule has 2 aromatic carbocycles. The first-order valence-electron chi connectivity index (χ1n) is 9.45. The summed E-state index contributed by atoms with van der Waals surface area (Å²) >= 11 is 0. The molecule has 158 valence electrons. The van der Waals surface area contributed by atoms with Crippen molar-refractivity contribution in [1.29, 1.82) is 0 Å². The number of aryl methyl sites for hydroxylation is 1. The molecule has 7 heteroatoms. The van der Waals surface area contributed by atoms with Gasteiger partial charge in [-0.05, 0) is 56.7 Å². The Hall–Kier alpha value is -3.48. The van der Waals surface area contributed by atoms with Crippen LogP contribution in [0.25, 0.3) is 6.08 Å². The maximum atomic E-state index is 12.9. The fourth-order valence-electron chi connectivity index (χ4n) is 3.09. The Kier molecular flexibility index (Phi) is 6.30. The van der Waals surface area contributed by atoms with E-state index in [2.05, 4.69) is 0 Å². The topological polar surface area (TPSA) is 80.3 Å². The highest BCUT2D eigenvalue weighted by Crippen LogP contribution is 2.38. The van der Waals surface area contributed by atoms with Gasteiger partial charge in [0.15, 0.2) is 12.4 Å². The number of fused-ring (bicyclic) bond motifs is 1. The molecule has 30 heavy (non-hydrogen) atoms. The van der Waals surface area contributed by atoms with Gasteiger partial charge < -0.3 is 23.7 Å². The van der Waals surface area contributed by atoms with Crippen LogP contribution < -0.4 is 18.9 Å². The van der Waals surface area contributed by atoms with Crippen molar-refractivity contribution in [1.82, 2.24) is 0 Å². The fourth-order valence-corrected chi connectivity index (χ4v) is 3.09. The highest BCUT2D eigenvalue weighted by atomic mass is 16.6. The predicted octanol–water partition coefficient (Wildman–Crippen LogP) is 3.96. The van der Waals surface area contributed by atoms with Crippen molar-refractivity contribution < 1.29 is 33.3 Å². The Balaban J connectivity index is 1.85. The third-order valence-electron chi connectivity index (χ3n) is 4.39. The molecule has 0 unspecified atom stereocenters. The first-order valence-corrected chi connectivity index (χ1v) is 9.45. The summed E-state index contributed by atoms with van der Waals surface area (Å²) < 4.78 is 27.0. The largest absolute Gasteiger partial charge is 0.497 e. The molecular weight excluding hydrogens is 388 g/mol. The maximum Gasteiger partial charge on any atom is 0.344 e. The van der Waals surface area contributed by atoms with E-state index in [-0.39, 0.29) is 24.3 Å². The molecule has 0 atom stereocenters. The van der Waals surface area contributed by atoms with E-state index >= 15 is 0 Å². The van der Waals surface area contributed by atoms with Crippen LogP contribution in [-0.4, -0.2) is 38.7 Å². The molecule has 0 bridgehead atoms. The maximum absolute atomic E-state index is 12.9. The number of rotatable bonds is 7. The molecule has 0 aromatic heterocycles. The average molecular weight is 412 g/mol. The van der Waals surface area contributed by atoms with Crippen molar-refractivity contribution in [2.75, 3.05) is 20.8 Å². The lowest BCUT2D eigenvalue weighted by molar-refractivity contribution is -0.149. The van der Waals surface area contributed by atoms with Crippen LogP contribution in [0, 0.1) is 6.92 Å². The zero-order chi connectivity index (χ0) is 21.8. The van der Waals surface area contributed by atoms with Gasteiger partial charge in [-0.3, -0.25) is 4.79 Å². The minimum atomic E-state index is -0.467. The van der Waals surface area contributed by atoms with Crippen molar-refractivity contribution >= 4 is 17.8 Å². The quantitative estimate of drug-likeness (QED) is 0.503. The van der Waals surface area contributed by atoms with Gasteiger partial charge in [0.2, 0.25) is 5.78 Å². The summed E-state index contributed by atoms with van der Waals surface area (Å²) in [4.78, 5) is 24.6. The number of ketones is 1. The number of ether oxygens (including phenoxy) is 5. The molecular formula is C23H24O7. The van der Waals surface area contributed by atoms with Gasteiger partial charge in [-0.15, -0.1) is 0 Å². The molecule has 7 nitrogen and oxygen atoms in total. The summed E-state index contributed by atoms with van der Waals surface area (Å²) in [7, 11) is 3.11.